The van der Waals surface area contributed by atoms with Crippen molar-refractivity contribution in [3.63, 3.8) is 0 Å². The van der Waals surface area contributed by atoms with Gasteiger partial charge in [-0.25, -0.2) is 5.43 Å². The summed E-state index contributed by atoms with van der Waals surface area (Å²) >= 11 is 1.13. The van der Waals surface area contributed by atoms with Crippen molar-refractivity contribution in [2.45, 2.75) is 6.04 Å². The Morgan fingerprint density at radius 2 is 2.38 bits per heavy atom. The van der Waals surface area contributed by atoms with Crippen molar-refractivity contribution in [1.82, 2.24) is 24.0 Å². The maximum Gasteiger partial charge on any atom is 0.162 e. The summed E-state index contributed by atoms with van der Waals surface area (Å²) in [6, 6.07) is -0.277. The highest BCUT2D eigenvalue weighted by Crippen LogP contribution is 2.27. The average molecular weight is 240 g/mol. The van der Waals surface area contributed by atoms with Crippen LogP contribution in [0, 0.1) is 0 Å². The van der Waals surface area contributed by atoms with Gasteiger partial charge in [-0.1, -0.05) is 0 Å². The molecule has 1 atom stereocenters. The van der Waals surface area contributed by atoms with E-state index in [9.17, 15) is 0 Å². The highest BCUT2D eigenvalue weighted by Gasteiger charge is 2.23. The first-order valence-corrected chi connectivity index (χ1v) is 5.30. The average Bonchev–Trinajstić information content (AvgIpc) is 2.91. The van der Waals surface area contributed by atoms with Gasteiger partial charge in [-0.3, -0.25) is 10.5 Å². The molecule has 7 nitrogen and oxygen atoms in total. The zero-order valence-corrected chi connectivity index (χ0v) is 9.73. The molecule has 0 aliphatic rings. The fourth-order valence-corrected chi connectivity index (χ4v) is 1.97. The maximum atomic E-state index is 5.54. The third-order valence-corrected chi connectivity index (χ3v) is 2.78. The smallest absolute Gasteiger partial charge is 0.162 e. The van der Waals surface area contributed by atoms with E-state index in [1.54, 1.807) is 24.2 Å². The Morgan fingerprint density at radius 3 is 2.94 bits per heavy atom. The lowest BCUT2D eigenvalue weighted by molar-refractivity contribution is 0.400. The van der Waals surface area contributed by atoms with Gasteiger partial charge < -0.3 is 4.74 Å². The molecule has 16 heavy (non-hydrogen) atoms. The molecule has 2 rings (SSSR count). The van der Waals surface area contributed by atoms with E-state index in [4.69, 9.17) is 10.6 Å². The number of nitrogens with one attached hydrogen (secondary N) is 1. The molecule has 2 aromatic rings. The van der Waals surface area contributed by atoms with Crippen LogP contribution in [0.15, 0.2) is 12.4 Å². The van der Waals surface area contributed by atoms with Crippen molar-refractivity contribution < 1.29 is 4.74 Å². The quantitative estimate of drug-likeness (QED) is 0.569. The Kier molecular flexibility index (Phi) is 3.13. The van der Waals surface area contributed by atoms with Crippen molar-refractivity contribution in [3.8, 4) is 5.75 Å². The van der Waals surface area contributed by atoms with E-state index in [-0.39, 0.29) is 6.04 Å². The normalized spacial score (nSPS) is 12.7. The van der Waals surface area contributed by atoms with Crippen LogP contribution in [-0.2, 0) is 7.05 Å². The Bertz CT molecular complexity index is 453. The van der Waals surface area contributed by atoms with E-state index < -0.39 is 0 Å². The highest BCUT2D eigenvalue weighted by atomic mass is 32.1. The van der Waals surface area contributed by atoms with Gasteiger partial charge in [0.05, 0.1) is 36.9 Å². The largest absolute Gasteiger partial charge is 0.493 e. The Balaban J connectivity index is 2.44. The monoisotopic (exact) mass is 240 g/mol. The number of methoxy groups -OCH3 is 1. The van der Waals surface area contributed by atoms with Gasteiger partial charge in [0, 0.05) is 7.05 Å². The molecule has 1 unspecified atom stereocenters. The zero-order valence-electron chi connectivity index (χ0n) is 8.91. The third kappa shape index (κ3) is 1.77. The van der Waals surface area contributed by atoms with Gasteiger partial charge in [0.15, 0.2) is 5.75 Å². The number of hydrazine groups is 1. The minimum atomic E-state index is -0.277. The van der Waals surface area contributed by atoms with Gasteiger partial charge in [0.2, 0.25) is 0 Å². The molecule has 86 valence electrons. The summed E-state index contributed by atoms with van der Waals surface area (Å²) in [5, 5.41) is 4.12. The predicted molar refractivity (Wildman–Crippen MR) is 58.8 cm³/mol. The van der Waals surface area contributed by atoms with Gasteiger partial charge >= 0.3 is 0 Å². The van der Waals surface area contributed by atoms with Crippen molar-refractivity contribution in [1.29, 1.82) is 0 Å². The standard InChI is InChI=1S/C8H12N6OS/c1-14-8(6(15-2)4-10-14)7(12-9)5-3-11-16-13-5/h3-4,7,12H,9H2,1-2H3. The Morgan fingerprint density at radius 1 is 1.56 bits per heavy atom. The van der Waals surface area contributed by atoms with E-state index in [0.29, 0.717) is 5.75 Å². The molecular weight excluding hydrogens is 228 g/mol. The van der Waals surface area contributed by atoms with E-state index >= 15 is 0 Å². The van der Waals surface area contributed by atoms with E-state index in [2.05, 4.69) is 19.3 Å². The van der Waals surface area contributed by atoms with Crippen LogP contribution in [0.4, 0.5) is 0 Å². The second-order valence-electron chi connectivity index (χ2n) is 3.15. The first kappa shape index (κ1) is 11.0. The topological polar surface area (TPSA) is 90.9 Å². The summed E-state index contributed by atoms with van der Waals surface area (Å²) in [7, 11) is 3.41. The molecule has 2 aromatic heterocycles. The molecule has 8 heteroatoms. The number of aryl methyl sites for hydroxylation is 1. The molecule has 0 fully saturated rings. The van der Waals surface area contributed by atoms with Crippen molar-refractivity contribution in [2.75, 3.05) is 7.11 Å². The minimum absolute atomic E-state index is 0.277. The number of rotatable bonds is 4. The third-order valence-electron chi connectivity index (χ3n) is 2.28. The van der Waals surface area contributed by atoms with Crippen LogP contribution in [-0.4, -0.2) is 25.6 Å². The summed E-state index contributed by atoms with van der Waals surface area (Å²) in [6.07, 6.45) is 3.31. The number of aromatic nitrogens is 4. The number of ether oxygens (including phenoxy) is 1. The molecule has 0 amide bonds. The van der Waals surface area contributed by atoms with Gasteiger partial charge in [-0.15, -0.1) is 0 Å². The highest BCUT2D eigenvalue weighted by molar-refractivity contribution is 6.99. The van der Waals surface area contributed by atoms with Crippen LogP contribution in [0.3, 0.4) is 0 Å². The first-order chi connectivity index (χ1) is 7.77. The summed E-state index contributed by atoms with van der Waals surface area (Å²) in [4.78, 5) is 0. The molecule has 0 saturated heterocycles. The lowest BCUT2D eigenvalue weighted by atomic mass is 10.1. The molecule has 0 radical (unpaired) electrons. The molecule has 0 bridgehead atoms. The van der Waals surface area contributed by atoms with Crippen LogP contribution in [0.5, 0.6) is 5.75 Å². The zero-order chi connectivity index (χ0) is 11.5. The lowest BCUT2D eigenvalue weighted by Crippen LogP contribution is -2.30. The van der Waals surface area contributed by atoms with Crippen LogP contribution in [0.25, 0.3) is 0 Å². The van der Waals surface area contributed by atoms with Gasteiger partial charge in [0.1, 0.15) is 11.7 Å². The lowest BCUT2D eigenvalue weighted by Gasteiger charge is -2.14. The Labute approximate surface area is 96.5 Å². The SMILES string of the molecule is COc1cnn(C)c1C(NN)c1cnsn1. The summed E-state index contributed by atoms with van der Waals surface area (Å²) in [5.41, 5.74) is 4.25. The summed E-state index contributed by atoms with van der Waals surface area (Å²) in [6.45, 7) is 0. The van der Waals surface area contributed by atoms with E-state index in [0.717, 1.165) is 23.1 Å². The second kappa shape index (κ2) is 4.56. The fraction of sp³-hybridized carbons (Fsp3) is 0.375. The number of nitrogens with two attached hydrogens (primary N) is 1. The van der Waals surface area contributed by atoms with Crippen molar-refractivity contribution in [3.05, 3.63) is 23.8 Å². The number of nitrogens with zero attached hydrogens (tertiary/aromatic N) is 4. The van der Waals surface area contributed by atoms with Crippen molar-refractivity contribution in [2.24, 2.45) is 12.9 Å². The van der Waals surface area contributed by atoms with E-state index in [1.165, 1.54) is 0 Å². The van der Waals surface area contributed by atoms with Crippen LogP contribution in [0.2, 0.25) is 0 Å². The van der Waals surface area contributed by atoms with Gasteiger partial charge in [0.25, 0.3) is 0 Å². The summed E-state index contributed by atoms with van der Waals surface area (Å²) in [5.74, 6) is 6.20. The van der Waals surface area contributed by atoms with Crippen LogP contribution >= 0.6 is 11.7 Å². The maximum absolute atomic E-state index is 5.54. The molecular formula is C8H12N6OS. The molecule has 0 spiro atoms. The molecule has 0 aliphatic heterocycles. The molecule has 0 aliphatic carbocycles. The van der Waals surface area contributed by atoms with Crippen LogP contribution in [0.1, 0.15) is 17.4 Å². The van der Waals surface area contributed by atoms with Crippen LogP contribution < -0.4 is 16.0 Å². The Hall–Kier alpha value is -1.51. The molecule has 0 saturated carbocycles. The molecule has 3 N–H and O–H groups in total. The van der Waals surface area contributed by atoms with Gasteiger partial charge in [-0.2, -0.15) is 13.8 Å². The second-order valence-corrected chi connectivity index (χ2v) is 3.71. The summed E-state index contributed by atoms with van der Waals surface area (Å²) < 4.78 is 15.0. The molecule has 2 heterocycles. The van der Waals surface area contributed by atoms with E-state index in [1.807, 2.05) is 7.05 Å². The fourth-order valence-electron chi connectivity index (χ4n) is 1.52. The first-order valence-electron chi connectivity index (χ1n) is 4.57. The van der Waals surface area contributed by atoms with Crippen molar-refractivity contribution >= 4 is 11.7 Å². The molecule has 0 aromatic carbocycles. The number of hydrogen-bond donors (Lipinski definition) is 2. The predicted octanol–water partition coefficient (Wildman–Crippen LogP) is -0.167. The van der Waals surface area contributed by atoms with Gasteiger partial charge in [-0.05, 0) is 0 Å². The number of hydrogen-bond acceptors (Lipinski definition) is 7. The minimum Gasteiger partial charge on any atom is -0.493 e.